The summed E-state index contributed by atoms with van der Waals surface area (Å²) in [5.41, 5.74) is 2.09. The highest BCUT2D eigenvalue weighted by Gasteiger charge is 2.21. The molecule has 0 saturated carbocycles. The van der Waals surface area contributed by atoms with Crippen LogP contribution in [0.1, 0.15) is 40.6 Å². The predicted octanol–water partition coefficient (Wildman–Crippen LogP) is 2.15. The van der Waals surface area contributed by atoms with E-state index in [1.54, 1.807) is 6.07 Å². The lowest BCUT2D eigenvalue weighted by atomic mass is 10.1. The molecule has 2 N–H and O–H groups in total. The maximum Gasteiger partial charge on any atom is 0.267 e. The summed E-state index contributed by atoms with van der Waals surface area (Å²) in [6, 6.07) is 7.32. The van der Waals surface area contributed by atoms with Crippen molar-refractivity contribution in [3.8, 4) is 0 Å². The molecule has 0 spiro atoms. The minimum absolute atomic E-state index is 0.0707. The van der Waals surface area contributed by atoms with Crippen molar-refractivity contribution in [3.63, 3.8) is 0 Å². The van der Waals surface area contributed by atoms with E-state index in [2.05, 4.69) is 10.3 Å². The Morgan fingerprint density at radius 2 is 2.10 bits per heavy atom. The van der Waals surface area contributed by atoms with Crippen molar-refractivity contribution in [2.75, 3.05) is 19.6 Å². The number of rotatable bonds is 4. The van der Waals surface area contributed by atoms with Gasteiger partial charge in [0.1, 0.15) is 5.69 Å². The standard InChI is InChI=1S/C16H19N3O2/c1-2-6-17-15(20)14-10-12-9-11(4-5-13(12)18-14)16(21)19-7-3-8-19/h4-5,9-10,18H,2-3,6-8H2,1H3,(H,17,20). The van der Waals surface area contributed by atoms with Crippen molar-refractivity contribution in [2.24, 2.45) is 0 Å². The van der Waals surface area contributed by atoms with Crippen LogP contribution in [0.4, 0.5) is 0 Å². The highest BCUT2D eigenvalue weighted by Crippen LogP contribution is 2.20. The number of benzene rings is 1. The maximum absolute atomic E-state index is 12.2. The number of carbonyl (C=O) groups excluding carboxylic acids is 2. The molecule has 1 aromatic carbocycles. The Kier molecular flexibility index (Phi) is 3.64. The zero-order chi connectivity index (χ0) is 14.8. The largest absolute Gasteiger partial charge is 0.351 e. The summed E-state index contributed by atoms with van der Waals surface area (Å²) in [5.74, 6) is -0.0370. The van der Waals surface area contributed by atoms with Gasteiger partial charge in [-0.2, -0.15) is 0 Å². The normalized spacial score (nSPS) is 14.0. The fourth-order valence-corrected chi connectivity index (χ4v) is 2.42. The van der Waals surface area contributed by atoms with Gasteiger partial charge in [0, 0.05) is 36.1 Å². The Balaban J connectivity index is 1.84. The van der Waals surface area contributed by atoms with Crippen LogP contribution in [0, 0.1) is 0 Å². The molecule has 2 aromatic rings. The summed E-state index contributed by atoms with van der Waals surface area (Å²) in [7, 11) is 0. The quantitative estimate of drug-likeness (QED) is 0.904. The Morgan fingerprint density at radius 3 is 2.76 bits per heavy atom. The lowest BCUT2D eigenvalue weighted by Crippen LogP contribution is -2.41. The van der Waals surface area contributed by atoms with Gasteiger partial charge in [0.15, 0.2) is 0 Å². The van der Waals surface area contributed by atoms with Gasteiger partial charge >= 0.3 is 0 Å². The second-order valence-corrected chi connectivity index (χ2v) is 5.39. The molecule has 21 heavy (non-hydrogen) atoms. The van der Waals surface area contributed by atoms with Crippen molar-refractivity contribution >= 4 is 22.7 Å². The van der Waals surface area contributed by atoms with Crippen LogP contribution in [0.15, 0.2) is 24.3 Å². The van der Waals surface area contributed by atoms with Gasteiger partial charge in [0.25, 0.3) is 11.8 Å². The molecule has 0 atom stereocenters. The molecule has 5 heteroatoms. The van der Waals surface area contributed by atoms with Crippen LogP contribution in [0.3, 0.4) is 0 Å². The fraction of sp³-hybridized carbons (Fsp3) is 0.375. The molecular weight excluding hydrogens is 266 g/mol. The third kappa shape index (κ3) is 2.63. The van der Waals surface area contributed by atoms with Crippen molar-refractivity contribution in [2.45, 2.75) is 19.8 Å². The number of hydrogen-bond donors (Lipinski definition) is 2. The van der Waals surface area contributed by atoms with Crippen LogP contribution in [-0.2, 0) is 0 Å². The third-order valence-electron chi connectivity index (χ3n) is 3.79. The van der Waals surface area contributed by atoms with E-state index in [-0.39, 0.29) is 11.8 Å². The van der Waals surface area contributed by atoms with E-state index in [9.17, 15) is 9.59 Å². The first-order valence-electron chi connectivity index (χ1n) is 7.39. The number of aromatic amines is 1. The van der Waals surface area contributed by atoms with E-state index >= 15 is 0 Å². The highest BCUT2D eigenvalue weighted by molar-refractivity contribution is 6.01. The number of likely N-dealkylation sites (tertiary alicyclic amines) is 1. The maximum atomic E-state index is 12.2. The zero-order valence-corrected chi connectivity index (χ0v) is 12.1. The molecule has 1 fully saturated rings. The summed E-state index contributed by atoms with van der Waals surface area (Å²) in [6.45, 7) is 4.36. The smallest absolute Gasteiger partial charge is 0.267 e. The molecule has 2 amide bonds. The van der Waals surface area contributed by atoms with Crippen molar-refractivity contribution in [3.05, 3.63) is 35.5 Å². The van der Waals surface area contributed by atoms with Crippen LogP contribution in [0.2, 0.25) is 0 Å². The van der Waals surface area contributed by atoms with Crippen LogP contribution >= 0.6 is 0 Å². The highest BCUT2D eigenvalue weighted by atomic mass is 16.2. The summed E-state index contributed by atoms with van der Waals surface area (Å²) in [5, 5.41) is 3.73. The van der Waals surface area contributed by atoms with Crippen LogP contribution in [0.25, 0.3) is 10.9 Å². The number of fused-ring (bicyclic) bond motifs is 1. The van der Waals surface area contributed by atoms with Crippen molar-refractivity contribution in [1.29, 1.82) is 0 Å². The predicted molar refractivity (Wildman–Crippen MR) is 81.4 cm³/mol. The molecule has 1 saturated heterocycles. The van der Waals surface area contributed by atoms with Gasteiger partial charge < -0.3 is 15.2 Å². The summed E-state index contributed by atoms with van der Waals surface area (Å²) in [4.78, 5) is 29.1. The fourth-order valence-electron chi connectivity index (χ4n) is 2.42. The second-order valence-electron chi connectivity index (χ2n) is 5.39. The van der Waals surface area contributed by atoms with Crippen LogP contribution in [-0.4, -0.2) is 41.3 Å². The molecule has 0 bridgehead atoms. The third-order valence-corrected chi connectivity index (χ3v) is 3.79. The number of H-pyrrole nitrogens is 1. The average Bonchev–Trinajstić information content (AvgIpc) is 2.85. The Morgan fingerprint density at radius 1 is 1.29 bits per heavy atom. The SMILES string of the molecule is CCCNC(=O)c1cc2cc(C(=O)N3CCC3)ccc2[nH]1. The van der Waals surface area contributed by atoms with Gasteiger partial charge in [-0.1, -0.05) is 6.92 Å². The molecular formula is C16H19N3O2. The number of amides is 2. The summed E-state index contributed by atoms with van der Waals surface area (Å²) >= 11 is 0. The van der Waals surface area contributed by atoms with Crippen molar-refractivity contribution in [1.82, 2.24) is 15.2 Å². The monoisotopic (exact) mass is 285 g/mol. The lowest BCUT2D eigenvalue weighted by molar-refractivity contribution is 0.0652. The summed E-state index contributed by atoms with van der Waals surface area (Å²) in [6.07, 6.45) is 1.99. The Hall–Kier alpha value is -2.30. The van der Waals surface area contributed by atoms with E-state index in [0.717, 1.165) is 36.8 Å². The molecule has 110 valence electrons. The van der Waals surface area contributed by atoms with Gasteiger partial charge in [-0.15, -0.1) is 0 Å². The molecule has 1 aliphatic rings. The van der Waals surface area contributed by atoms with Gasteiger partial charge in [0.05, 0.1) is 0 Å². The Bertz CT molecular complexity index is 686. The van der Waals surface area contributed by atoms with E-state index in [4.69, 9.17) is 0 Å². The van der Waals surface area contributed by atoms with Gasteiger partial charge in [-0.05, 0) is 37.1 Å². The van der Waals surface area contributed by atoms with Crippen LogP contribution in [0.5, 0.6) is 0 Å². The molecule has 3 rings (SSSR count). The van der Waals surface area contributed by atoms with Gasteiger partial charge in [-0.3, -0.25) is 9.59 Å². The first-order valence-corrected chi connectivity index (χ1v) is 7.39. The van der Waals surface area contributed by atoms with E-state index in [1.807, 2.05) is 30.0 Å². The topological polar surface area (TPSA) is 65.2 Å². The summed E-state index contributed by atoms with van der Waals surface area (Å²) < 4.78 is 0. The first-order chi connectivity index (χ1) is 10.2. The number of nitrogens with one attached hydrogen (secondary N) is 2. The van der Waals surface area contributed by atoms with E-state index in [1.165, 1.54) is 0 Å². The molecule has 1 aromatic heterocycles. The van der Waals surface area contributed by atoms with Crippen molar-refractivity contribution < 1.29 is 9.59 Å². The first kappa shape index (κ1) is 13.7. The molecule has 5 nitrogen and oxygen atoms in total. The van der Waals surface area contributed by atoms with Crippen LogP contribution < -0.4 is 5.32 Å². The van der Waals surface area contributed by atoms with Gasteiger partial charge in [-0.25, -0.2) is 0 Å². The number of carbonyl (C=O) groups is 2. The molecule has 0 aliphatic carbocycles. The Labute approximate surface area is 123 Å². The minimum Gasteiger partial charge on any atom is -0.351 e. The number of nitrogens with zero attached hydrogens (tertiary/aromatic N) is 1. The van der Waals surface area contributed by atoms with E-state index < -0.39 is 0 Å². The lowest BCUT2D eigenvalue weighted by Gasteiger charge is -2.30. The van der Waals surface area contributed by atoms with Gasteiger partial charge in [0.2, 0.25) is 0 Å². The average molecular weight is 285 g/mol. The minimum atomic E-state index is -0.108. The molecule has 0 unspecified atom stereocenters. The molecule has 1 aliphatic heterocycles. The number of aromatic nitrogens is 1. The zero-order valence-electron chi connectivity index (χ0n) is 12.1. The number of hydrogen-bond acceptors (Lipinski definition) is 2. The molecule has 2 heterocycles. The second kappa shape index (κ2) is 5.60. The molecule has 0 radical (unpaired) electrons. The van der Waals surface area contributed by atoms with E-state index in [0.29, 0.717) is 17.8 Å².